The molecule has 0 saturated heterocycles. The number of carbonyl (C=O) groups excluding carboxylic acids is 1. The average molecular weight is 364 g/mol. The monoisotopic (exact) mass is 364 g/mol. The molecule has 2 aromatic heterocycles. The molecule has 4 rings (SSSR count). The normalized spacial score (nSPS) is 11.1. The van der Waals surface area contributed by atoms with Crippen LogP contribution in [0.25, 0.3) is 21.1 Å². The predicted molar refractivity (Wildman–Crippen MR) is 104 cm³/mol. The summed E-state index contributed by atoms with van der Waals surface area (Å²) in [6.45, 7) is 2.19. The number of nitrogens with one attached hydrogen (secondary N) is 1. The number of fused-ring (bicyclic) bond motifs is 2. The van der Waals surface area contributed by atoms with Crippen molar-refractivity contribution < 1.29 is 4.79 Å². The van der Waals surface area contributed by atoms with E-state index in [0.717, 1.165) is 15.8 Å². The lowest BCUT2D eigenvalue weighted by Gasteiger charge is -2.07. The van der Waals surface area contributed by atoms with Crippen molar-refractivity contribution in [3.8, 4) is 0 Å². The molecule has 0 spiro atoms. The number of thiazole rings is 1. The molecule has 2 heterocycles. The van der Waals surface area contributed by atoms with E-state index in [1.165, 1.54) is 22.2 Å². The molecule has 7 heteroatoms. The predicted octanol–water partition coefficient (Wildman–Crippen LogP) is 3.34. The lowest BCUT2D eigenvalue weighted by atomic mass is 10.1. The molecule has 1 N–H and O–H groups in total. The van der Waals surface area contributed by atoms with Gasteiger partial charge in [0.15, 0.2) is 5.13 Å². The molecule has 0 radical (unpaired) electrons. The van der Waals surface area contributed by atoms with Gasteiger partial charge in [-0.15, -0.1) is 0 Å². The highest BCUT2D eigenvalue weighted by molar-refractivity contribution is 7.22. The van der Waals surface area contributed by atoms with Gasteiger partial charge in [0.2, 0.25) is 5.91 Å². The van der Waals surface area contributed by atoms with Gasteiger partial charge in [0, 0.05) is 13.0 Å². The molecule has 0 aliphatic rings. The van der Waals surface area contributed by atoms with Gasteiger partial charge in [0.1, 0.15) is 0 Å². The number of hydrogen-bond donors (Lipinski definition) is 1. The molecular weight excluding hydrogens is 348 g/mol. The van der Waals surface area contributed by atoms with Gasteiger partial charge in [-0.3, -0.25) is 14.2 Å². The number of hydrogen-bond acceptors (Lipinski definition) is 5. The third-order valence-corrected chi connectivity index (χ3v) is 5.13. The molecule has 0 aliphatic carbocycles. The summed E-state index contributed by atoms with van der Waals surface area (Å²) >= 11 is 1.43. The Bertz CT molecular complexity index is 1150. The molecule has 0 unspecified atom stereocenters. The second-order valence-electron chi connectivity index (χ2n) is 6.00. The Labute approximate surface area is 153 Å². The number of aromatic nitrogens is 3. The van der Waals surface area contributed by atoms with Gasteiger partial charge in [0.25, 0.3) is 5.56 Å². The molecule has 0 bridgehead atoms. The summed E-state index contributed by atoms with van der Waals surface area (Å²) in [5.74, 6) is -0.180. The van der Waals surface area contributed by atoms with Gasteiger partial charge >= 0.3 is 0 Å². The minimum atomic E-state index is -0.180. The first kappa shape index (κ1) is 16.4. The molecule has 0 atom stereocenters. The highest BCUT2D eigenvalue weighted by atomic mass is 32.1. The van der Waals surface area contributed by atoms with E-state index >= 15 is 0 Å². The number of amides is 1. The number of anilines is 1. The van der Waals surface area contributed by atoms with Crippen LogP contribution in [-0.2, 0) is 11.3 Å². The van der Waals surface area contributed by atoms with Crippen LogP contribution in [0.15, 0.2) is 53.6 Å². The SMILES string of the molecule is Cc1cccc2c(=O)n(CCC(=O)Nc3nc4ccccc4s3)cnc12. The van der Waals surface area contributed by atoms with E-state index < -0.39 is 0 Å². The zero-order chi connectivity index (χ0) is 18.1. The first-order valence-electron chi connectivity index (χ1n) is 8.22. The fourth-order valence-corrected chi connectivity index (χ4v) is 3.71. The minimum absolute atomic E-state index is 0.133. The minimum Gasteiger partial charge on any atom is -0.302 e. The van der Waals surface area contributed by atoms with E-state index in [1.807, 2.05) is 43.3 Å². The summed E-state index contributed by atoms with van der Waals surface area (Å²) < 4.78 is 2.49. The van der Waals surface area contributed by atoms with Crippen LogP contribution < -0.4 is 10.9 Å². The molecule has 26 heavy (non-hydrogen) atoms. The van der Waals surface area contributed by atoms with E-state index in [2.05, 4.69) is 15.3 Å². The van der Waals surface area contributed by atoms with Crippen molar-refractivity contribution >= 4 is 43.5 Å². The van der Waals surface area contributed by atoms with Crippen LogP contribution in [0.5, 0.6) is 0 Å². The molecular formula is C19H16N4O2S. The zero-order valence-electron chi connectivity index (χ0n) is 14.1. The van der Waals surface area contributed by atoms with Crippen LogP contribution in [0.4, 0.5) is 5.13 Å². The molecule has 0 saturated carbocycles. The second kappa shape index (κ2) is 6.68. The number of nitrogens with zero attached hydrogens (tertiary/aromatic N) is 3. The largest absolute Gasteiger partial charge is 0.302 e. The van der Waals surface area contributed by atoms with Crippen LogP contribution in [0.2, 0.25) is 0 Å². The van der Waals surface area contributed by atoms with Crippen molar-refractivity contribution in [2.75, 3.05) is 5.32 Å². The molecule has 4 aromatic rings. The lowest BCUT2D eigenvalue weighted by molar-refractivity contribution is -0.116. The fourth-order valence-electron chi connectivity index (χ4n) is 2.83. The Morgan fingerprint density at radius 2 is 2.04 bits per heavy atom. The highest BCUT2D eigenvalue weighted by Gasteiger charge is 2.10. The van der Waals surface area contributed by atoms with Crippen LogP contribution in [0.3, 0.4) is 0 Å². The number of para-hydroxylation sites is 2. The lowest BCUT2D eigenvalue weighted by Crippen LogP contribution is -2.23. The first-order valence-corrected chi connectivity index (χ1v) is 9.03. The van der Waals surface area contributed by atoms with Gasteiger partial charge in [-0.1, -0.05) is 35.6 Å². The van der Waals surface area contributed by atoms with Gasteiger partial charge < -0.3 is 5.32 Å². The third-order valence-electron chi connectivity index (χ3n) is 4.18. The molecule has 130 valence electrons. The van der Waals surface area contributed by atoms with E-state index in [9.17, 15) is 9.59 Å². The Kier molecular flexibility index (Phi) is 4.22. The van der Waals surface area contributed by atoms with E-state index in [0.29, 0.717) is 16.0 Å². The van der Waals surface area contributed by atoms with Gasteiger partial charge in [0.05, 0.1) is 27.4 Å². The van der Waals surface area contributed by atoms with Crippen molar-refractivity contribution in [3.05, 3.63) is 64.7 Å². The van der Waals surface area contributed by atoms with Gasteiger partial charge in [-0.25, -0.2) is 9.97 Å². The van der Waals surface area contributed by atoms with Crippen molar-refractivity contribution in [3.63, 3.8) is 0 Å². The van der Waals surface area contributed by atoms with E-state index in [-0.39, 0.29) is 24.4 Å². The van der Waals surface area contributed by atoms with Gasteiger partial charge in [-0.2, -0.15) is 0 Å². The van der Waals surface area contributed by atoms with Crippen molar-refractivity contribution in [2.45, 2.75) is 19.9 Å². The summed E-state index contributed by atoms with van der Waals surface area (Å²) in [6, 6.07) is 13.2. The van der Waals surface area contributed by atoms with Crippen LogP contribution >= 0.6 is 11.3 Å². The molecule has 0 aliphatic heterocycles. The number of rotatable bonds is 4. The Balaban J connectivity index is 1.48. The number of benzene rings is 2. The maximum Gasteiger partial charge on any atom is 0.261 e. The van der Waals surface area contributed by atoms with Crippen LogP contribution in [0.1, 0.15) is 12.0 Å². The van der Waals surface area contributed by atoms with E-state index in [4.69, 9.17) is 0 Å². The van der Waals surface area contributed by atoms with Crippen molar-refractivity contribution in [1.82, 2.24) is 14.5 Å². The Morgan fingerprint density at radius 1 is 1.19 bits per heavy atom. The smallest absolute Gasteiger partial charge is 0.261 e. The Morgan fingerprint density at radius 3 is 2.88 bits per heavy atom. The Hall–Kier alpha value is -3.06. The summed E-state index contributed by atoms with van der Waals surface area (Å²) in [7, 11) is 0. The maximum absolute atomic E-state index is 12.5. The third kappa shape index (κ3) is 3.09. The van der Waals surface area contributed by atoms with Crippen LogP contribution in [0, 0.1) is 6.92 Å². The number of carbonyl (C=O) groups is 1. The van der Waals surface area contributed by atoms with Crippen molar-refractivity contribution in [2.24, 2.45) is 0 Å². The molecule has 6 nitrogen and oxygen atoms in total. The van der Waals surface area contributed by atoms with Crippen molar-refractivity contribution in [1.29, 1.82) is 0 Å². The summed E-state index contributed by atoms with van der Waals surface area (Å²) in [4.78, 5) is 33.5. The fraction of sp³-hybridized carbons (Fsp3) is 0.158. The maximum atomic E-state index is 12.5. The highest BCUT2D eigenvalue weighted by Crippen LogP contribution is 2.25. The second-order valence-corrected chi connectivity index (χ2v) is 7.03. The standard InChI is InChI=1S/C19H16N4O2S/c1-12-5-4-6-13-17(12)20-11-23(18(13)25)10-9-16(24)22-19-21-14-7-2-3-8-15(14)26-19/h2-8,11H,9-10H2,1H3,(H,21,22,24). The average Bonchev–Trinajstić information content (AvgIpc) is 3.04. The van der Waals surface area contributed by atoms with E-state index in [1.54, 1.807) is 6.07 Å². The topological polar surface area (TPSA) is 76.9 Å². The quantitative estimate of drug-likeness (QED) is 0.602. The molecule has 0 fully saturated rings. The molecule has 2 aromatic carbocycles. The first-order chi connectivity index (χ1) is 12.6. The zero-order valence-corrected chi connectivity index (χ0v) is 14.9. The molecule has 1 amide bonds. The van der Waals surface area contributed by atoms with Gasteiger partial charge in [-0.05, 0) is 30.7 Å². The summed E-state index contributed by atoms with van der Waals surface area (Å²) in [5.41, 5.74) is 2.39. The summed E-state index contributed by atoms with van der Waals surface area (Å²) in [6.07, 6.45) is 1.68. The number of aryl methyl sites for hydroxylation is 2. The van der Waals surface area contributed by atoms with Crippen LogP contribution in [-0.4, -0.2) is 20.4 Å². The summed E-state index contributed by atoms with van der Waals surface area (Å²) in [5, 5.41) is 3.93.